The van der Waals surface area contributed by atoms with Crippen LogP contribution in [0.15, 0.2) is 48.1 Å². The minimum atomic E-state index is -2.47. The molecule has 0 aromatic rings. The minimum absolute atomic E-state index is 0.0734. The largest absolute Gasteiger partial charge is 0.456 e. The van der Waals surface area contributed by atoms with Crippen LogP contribution in [0.1, 0.15) is 98.8 Å². The van der Waals surface area contributed by atoms with Gasteiger partial charge in [0.25, 0.3) is 11.7 Å². The number of amides is 1. The lowest BCUT2D eigenvalue weighted by atomic mass is 9.82. The molecule has 3 aliphatic heterocycles. The molecular weight excluding hydrogens is 718 g/mol. The summed E-state index contributed by atoms with van der Waals surface area (Å²) in [6, 6.07) is -1.06. The van der Waals surface area contributed by atoms with Gasteiger partial charge in [0, 0.05) is 45.6 Å². The number of rotatable bonds is 7. The summed E-state index contributed by atoms with van der Waals surface area (Å²) in [5, 5.41) is 34.0. The molecule has 12 heteroatoms. The number of ketones is 1. The lowest BCUT2D eigenvalue weighted by Gasteiger charge is -2.47. The molecule has 1 saturated carbocycles. The molecule has 2 bridgehead atoms. The number of piperidine rings is 1. The zero-order valence-corrected chi connectivity index (χ0v) is 34.9. The number of carbonyl (C=O) groups excluding carboxylic acids is 3. The van der Waals surface area contributed by atoms with Crippen LogP contribution in [-0.2, 0) is 38.1 Å². The van der Waals surface area contributed by atoms with Crippen LogP contribution in [0.4, 0.5) is 0 Å². The Kier molecular flexibility index (Phi) is 17.1. The van der Waals surface area contributed by atoms with Crippen LogP contribution in [-0.4, -0.2) is 120 Å². The average Bonchev–Trinajstić information content (AvgIpc) is 3.18. The molecule has 0 radical (unpaired) electrons. The highest BCUT2D eigenvalue weighted by Gasteiger charge is 2.56. The SMILES string of the molecule is C=CCC1/C=C(/C)CC(C)CC(OC)C2OC(O)(C(=O)C(=O)N3CCCCC3C(=O)OC(/C(C)=C/C3CCC(O)C(OC)C3)C(C)/C=C\C1O)C(C)CC2OC. The Hall–Kier alpha value is -2.71. The van der Waals surface area contributed by atoms with Crippen LogP contribution in [0.5, 0.6) is 0 Å². The number of aliphatic hydroxyl groups excluding tert-OH is 2. The molecule has 2 saturated heterocycles. The molecule has 316 valence electrons. The normalized spacial score (nSPS) is 41.7. The highest BCUT2D eigenvalue weighted by molar-refractivity contribution is 6.39. The summed E-state index contributed by atoms with van der Waals surface area (Å²) in [7, 11) is 4.69. The number of nitrogens with zero attached hydrogens (tertiary/aromatic N) is 1. The van der Waals surface area contributed by atoms with Gasteiger partial charge >= 0.3 is 5.97 Å². The number of carbonyl (C=O) groups is 3. The van der Waals surface area contributed by atoms with Crippen molar-refractivity contribution in [2.45, 2.75) is 153 Å². The van der Waals surface area contributed by atoms with E-state index in [1.54, 1.807) is 40.4 Å². The van der Waals surface area contributed by atoms with Gasteiger partial charge < -0.3 is 43.9 Å². The van der Waals surface area contributed by atoms with E-state index >= 15 is 0 Å². The van der Waals surface area contributed by atoms with Crippen molar-refractivity contribution in [3.63, 3.8) is 0 Å². The second kappa shape index (κ2) is 20.8. The number of Topliss-reactive ketones (excluding diaryl/α,β-unsaturated/α-hetero) is 1. The first-order valence-corrected chi connectivity index (χ1v) is 20.6. The maximum Gasteiger partial charge on any atom is 0.329 e. The zero-order chi connectivity index (χ0) is 41.3. The molecule has 1 aliphatic carbocycles. The maximum atomic E-state index is 14.3. The van der Waals surface area contributed by atoms with Crippen LogP contribution < -0.4 is 0 Å². The molecule has 56 heavy (non-hydrogen) atoms. The number of ether oxygens (including phenoxy) is 5. The highest BCUT2D eigenvalue weighted by atomic mass is 16.7. The summed E-state index contributed by atoms with van der Waals surface area (Å²) in [6.45, 7) is 13.7. The first kappa shape index (κ1) is 46.0. The number of hydrogen-bond donors (Lipinski definition) is 3. The Morgan fingerprint density at radius 2 is 1.64 bits per heavy atom. The fraction of sp³-hybridized carbons (Fsp3) is 0.750. The first-order chi connectivity index (χ1) is 26.6. The predicted octanol–water partition coefficient (Wildman–Crippen LogP) is 5.24. The van der Waals surface area contributed by atoms with E-state index in [0.717, 1.165) is 17.6 Å². The molecule has 12 nitrogen and oxygen atoms in total. The van der Waals surface area contributed by atoms with Crippen molar-refractivity contribution >= 4 is 17.7 Å². The molecule has 14 atom stereocenters. The molecule has 0 spiro atoms. The van der Waals surface area contributed by atoms with E-state index in [-0.39, 0.29) is 49.2 Å². The Morgan fingerprint density at radius 1 is 0.964 bits per heavy atom. The third kappa shape index (κ3) is 11.1. The maximum absolute atomic E-state index is 14.3. The number of esters is 1. The molecule has 1 amide bonds. The van der Waals surface area contributed by atoms with Crippen LogP contribution in [0, 0.1) is 29.6 Å². The summed E-state index contributed by atoms with van der Waals surface area (Å²) < 4.78 is 29.9. The van der Waals surface area contributed by atoms with Gasteiger partial charge in [-0.15, -0.1) is 6.58 Å². The quantitative estimate of drug-likeness (QED) is 0.176. The van der Waals surface area contributed by atoms with Crippen LogP contribution in [0.3, 0.4) is 0 Å². The molecular formula is C44H69NO11. The second-order valence-corrected chi connectivity index (χ2v) is 17.0. The van der Waals surface area contributed by atoms with Gasteiger partial charge in [0.2, 0.25) is 5.79 Å². The first-order valence-electron chi connectivity index (χ1n) is 20.6. The third-order valence-corrected chi connectivity index (χ3v) is 12.5. The van der Waals surface area contributed by atoms with Crippen molar-refractivity contribution < 1.29 is 53.4 Å². The van der Waals surface area contributed by atoms with E-state index in [9.17, 15) is 29.7 Å². The van der Waals surface area contributed by atoms with Gasteiger partial charge in [-0.1, -0.05) is 56.7 Å². The Morgan fingerprint density at radius 3 is 2.30 bits per heavy atom. The van der Waals surface area contributed by atoms with Gasteiger partial charge in [-0.25, -0.2) is 4.79 Å². The summed E-state index contributed by atoms with van der Waals surface area (Å²) in [5.41, 5.74) is 1.86. The van der Waals surface area contributed by atoms with Gasteiger partial charge in [-0.3, -0.25) is 9.59 Å². The number of methoxy groups -OCH3 is 3. The number of fused-ring (bicyclic) bond motifs is 3. The molecule has 14 unspecified atom stereocenters. The smallest absolute Gasteiger partial charge is 0.329 e. The lowest BCUT2D eigenvalue weighted by molar-refractivity contribution is -0.302. The van der Waals surface area contributed by atoms with E-state index in [1.165, 1.54) is 4.90 Å². The van der Waals surface area contributed by atoms with Crippen molar-refractivity contribution in [2.24, 2.45) is 29.6 Å². The highest BCUT2D eigenvalue weighted by Crippen LogP contribution is 2.39. The third-order valence-electron chi connectivity index (χ3n) is 12.5. The van der Waals surface area contributed by atoms with Gasteiger partial charge in [0.05, 0.1) is 30.5 Å². The van der Waals surface area contributed by atoms with Crippen molar-refractivity contribution in [1.82, 2.24) is 4.90 Å². The Balaban J connectivity index is 1.77. The van der Waals surface area contributed by atoms with Crippen LogP contribution in [0.2, 0.25) is 0 Å². The molecule has 4 aliphatic rings. The number of aliphatic hydroxyl groups is 3. The van der Waals surface area contributed by atoms with Gasteiger partial charge in [-0.2, -0.15) is 0 Å². The number of hydrogen-bond acceptors (Lipinski definition) is 11. The van der Waals surface area contributed by atoms with E-state index in [1.807, 2.05) is 26.8 Å². The summed E-state index contributed by atoms with van der Waals surface area (Å²) in [6.07, 6.45) is 10.5. The molecule has 3 heterocycles. The number of allylic oxidation sites excluding steroid dienone is 3. The second-order valence-electron chi connectivity index (χ2n) is 17.0. The topological polar surface area (TPSA) is 161 Å². The van der Waals surface area contributed by atoms with Crippen molar-refractivity contribution in [3.8, 4) is 0 Å². The van der Waals surface area contributed by atoms with E-state index < -0.39 is 72.0 Å². The number of cyclic esters (lactones) is 1. The lowest BCUT2D eigenvalue weighted by Crippen LogP contribution is -2.64. The van der Waals surface area contributed by atoms with Crippen molar-refractivity contribution in [3.05, 3.63) is 48.1 Å². The minimum Gasteiger partial charge on any atom is -0.456 e. The molecule has 3 fully saturated rings. The fourth-order valence-electron chi connectivity index (χ4n) is 9.26. The van der Waals surface area contributed by atoms with Crippen LogP contribution in [0.25, 0.3) is 0 Å². The molecule has 3 N–H and O–H groups in total. The standard InChI is InChI=1S/C44H69NO11/c1-10-13-32-21-26(2)20-27(3)22-37(53-8)40-38(54-9)24-30(6)44(51,56-40)41(48)42(49)45-19-12-11-14-33(45)43(50)55-39(28(4)15-17-34(32)46)29(5)23-31-16-18-35(47)36(25-31)52-7/h10,15,17,21,23,27-28,30-40,46-47,51H,1,11-14,16,18-20,22,24-25H2,2-9H3/b17-15-,26-21-,29-23+. The molecule has 0 aromatic heterocycles. The van der Waals surface area contributed by atoms with E-state index in [2.05, 4.69) is 25.7 Å². The van der Waals surface area contributed by atoms with Gasteiger partial charge in [0.1, 0.15) is 18.2 Å². The van der Waals surface area contributed by atoms with Crippen molar-refractivity contribution in [2.75, 3.05) is 27.9 Å². The molecule has 4 rings (SSSR count). The predicted molar refractivity (Wildman–Crippen MR) is 212 cm³/mol. The monoisotopic (exact) mass is 787 g/mol. The summed E-state index contributed by atoms with van der Waals surface area (Å²) in [4.78, 5) is 43.9. The van der Waals surface area contributed by atoms with Gasteiger partial charge in [0.15, 0.2) is 0 Å². The average molecular weight is 788 g/mol. The Bertz CT molecular complexity index is 1440. The fourth-order valence-corrected chi connectivity index (χ4v) is 9.26. The van der Waals surface area contributed by atoms with Gasteiger partial charge in [-0.05, 0) is 95.5 Å². The summed E-state index contributed by atoms with van der Waals surface area (Å²) >= 11 is 0. The summed E-state index contributed by atoms with van der Waals surface area (Å²) in [5.74, 6) is -6.53. The van der Waals surface area contributed by atoms with Crippen LogP contribution >= 0.6 is 0 Å². The van der Waals surface area contributed by atoms with E-state index in [0.29, 0.717) is 44.9 Å². The van der Waals surface area contributed by atoms with Crippen molar-refractivity contribution in [1.29, 1.82) is 0 Å². The molecule has 0 aromatic carbocycles. The van der Waals surface area contributed by atoms with E-state index in [4.69, 9.17) is 23.7 Å². The zero-order valence-electron chi connectivity index (χ0n) is 34.9. The Labute approximate surface area is 334 Å².